The van der Waals surface area contributed by atoms with Crippen LogP contribution in [-0.2, 0) is 14.9 Å². The fourth-order valence-electron chi connectivity index (χ4n) is 1.64. The van der Waals surface area contributed by atoms with Gasteiger partial charge in [-0.1, -0.05) is 5.16 Å². The number of nitriles is 1. The minimum absolute atomic E-state index is 0.227. The van der Waals surface area contributed by atoms with Gasteiger partial charge in [0.25, 0.3) is 16.0 Å². The number of carbonyl (C=O) groups is 1. The number of benzene rings is 1. The van der Waals surface area contributed by atoms with Gasteiger partial charge in [-0.15, -0.1) is 0 Å². The molecule has 0 aliphatic heterocycles. The number of hydrogen-bond donors (Lipinski definition) is 3. The molecule has 0 saturated heterocycles. The number of rotatable bonds is 5. The molecule has 24 heavy (non-hydrogen) atoms. The number of anilines is 2. The zero-order chi connectivity index (χ0) is 17.7. The molecule has 2 rings (SSSR count). The van der Waals surface area contributed by atoms with Gasteiger partial charge >= 0.3 is 0 Å². The molecule has 9 nitrogen and oxygen atoms in total. The molecule has 1 amide bonds. The number of carbonyl (C=O) groups excluding carboxylic acids is 1. The molecular formula is C14H12N4O5S. The molecule has 3 N–H and O–H groups in total. The van der Waals surface area contributed by atoms with Crippen molar-refractivity contribution in [3.63, 3.8) is 0 Å². The largest absolute Gasteiger partial charge is 0.360 e. The molecule has 2 aromatic rings. The molecule has 0 spiro atoms. The van der Waals surface area contributed by atoms with E-state index in [1.165, 1.54) is 18.3 Å². The van der Waals surface area contributed by atoms with E-state index in [1.54, 1.807) is 19.1 Å². The highest BCUT2D eigenvalue weighted by atomic mass is 32.2. The minimum Gasteiger partial charge on any atom is -0.360 e. The van der Waals surface area contributed by atoms with Crippen LogP contribution in [0.4, 0.5) is 11.5 Å². The Labute approximate surface area is 137 Å². The van der Waals surface area contributed by atoms with Crippen molar-refractivity contribution in [3.05, 3.63) is 47.9 Å². The van der Waals surface area contributed by atoms with Gasteiger partial charge in [-0.25, -0.2) is 0 Å². The van der Waals surface area contributed by atoms with E-state index < -0.39 is 16.0 Å². The Morgan fingerprint density at radius 1 is 1.38 bits per heavy atom. The van der Waals surface area contributed by atoms with Crippen molar-refractivity contribution < 1.29 is 22.3 Å². The van der Waals surface area contributed by atoms with Crippen LogP contribution in [0, 0.1) is 18.3 Å². The van der Waals surface area contributed by atoms with E-state index in [2.05, 4.69) is 15.8 Å². The third-order valence-corrected chi connectivity index (χ3v) is 3.64. The first kappa shape index (κ1) is 17.2. The van der Waals surface area contributed by atoms with Gasteiger partial charge < -0.3 is 15.2 Å². The standard InChI is InChI=1S/C14H12N4O5S/c1-9-6-13(18-23-9)16-8-10(7-15)14(19)17-11-2-4-12(5-3-11)24(20,21)22/h2-6,8H,1H3,(H,16,18)(H,17,19)(H,20,21,22)/b10-8-. The summed E-state index contributed by atoms with van der Waals surface area (Å²) in [6.07, 6.45) is 1.17. The summed E-state index contributed by atoms with van der Waals surface area (Å²) >= 11 is 0. The van der Waals surface area contributed by atoms with Crippen LogP contribution >= 0.6 is 0 Å². The predicted octanol–water partition coefficient (Wildman–Crippen LogP) is 1.69. The number of hydrogen-bond acceptors (Lipinski definition) is 7. The third kappa shape index (κ3) is 4.42. The molecule has 0 atom stereocenters. The maximum Gasteiger partial charge on any atom is 0.294 e. The molecule has 1 aromatic carbocycles. The van der Waals surface area contributed by atoms with E-state index in [4.69, 9.17) is 14.3 Å². The van der Waals surface area contributed by atoms with Crippen molar-refractivity contribution in [1.29, 1.82) is 5.26 Å². The maximum atomic E-state index is 12.0. The molecule has 0 saturated carbocycles. The lowest BCUT2D eigenvalue weighted by Crippen LogP contribution is -2.14. The van der Waals surface area contributed by atoms with Crippen LogP contribution in [0.3, 0.4) is 0 Å². The molecular weight excluding hydrogens is 336 g/mol. The second-order valence-electron chi connectivity index (χ2n) is 4.59. The van der Waals surface area contributed by atoms with E-state index in [0.717, 1.165) is 12.1 Å². The Kier molecular flexibility index (Phi) is 4.98. The van der Waals surface area contributed by atoms with Crippen LogP contribution in [0.15, 0.2) is 51.5 Å². The maximum absolute atomic E-state index is 12.0. The highest BCUT2D eigenvalue weighted by molar-refractivity contribution is 7.85. The van der Waals surface area contributed by atoms with Crippen molar-refractivity contribution in [2.75, 3.05) is 10.6 Å². The topological polar surface area (TPSA) is 145 Å². The zero-order valence-corrected chi connectivity index (χ0v) is 13.2. The highest BCUT2D eigenvalue weighted by Gasteiger charge is 2.12. The molecule has 1 aromatic heterocycles. The summed E-state index contributed by atoms with van der Waals surface area (Å²) < 4.78 is 35.6. The van der Waals surface area contributed by atoms with Gasteiger partial charge in [-0.2, -0.15) is 13.7 Å². The number of amides is 1. The fraction of sp³-hybridized carbons (Fsp3) is 0.0714. The van der Waals surface area contributed by atoms with Gasteiger partial charge in [0.15, 0.2) is 5.82 Å². The molecule has 124 valence electrons. The molecule has 10 heteroatoms. The number of aryl methyl sites for hydroxylation is 1. The summed E-state index contributed by atoms with van der Waals surface area (Å²) in [5.74, 6) is 0.197. The smallest absolute Gasteiger partial charge is 0.294 e. The van der Waals surface area contributed by atoms with Gasteiger partial charge in [0, 0.05) is 18.0 Å². The summed E-state index contributed by atoms with van der Waals surface area (Å²) in [6.45, 7) is 1.69. The van der Waals surface area contributed by atoms with Crippen LogP contribution in [0.1, 0.15) is 5.76 Å². The van der Waals surface area contributed by atoms with Crippen LogP contribution in [0.25, 0.3) is 0 Å². The normalized spacial score (nSPS) is 11.6. The van der Waals surface area contributed by atoms with Gasteiger partial charge in [-0.3, -0.25) is 9.35 Å². The Balaban J connectivity index is 2.08. The number of aromatic nitrogens is 1. The van der Waals surface area contributed by atoms with Gasteiger partial charge in [-0.05, 0) is 31.2 Å². The molecule has 0 aliphatic rings. The lowest BCUT2D eigenvalue weighted by atomic mass is 10.2. The Morgan fingerprint density at radius 3 is 2.54 bits per heavy atom. The summed E-state index contributed by atoms with van der Waals surface area (Å²) in [4.78, 5) is 11.7. The number of nitrogens with one attached hydrogen (secondary N) is 2. The lowest BCUT2D eigenvalue weighted by Gasteiger charge is -2.05. The Bertz CT molecular complexity index is 923. The summed E-state index contributed by atoms with van der Waals surface area (Å²) in [7, 11) is -4.31. The van der Waals surface area contributed by atoms with E-state index in [-0.39, 0.29) is 16.2 Å². The Hall–Kier alpha value is -3.16. The van der Waals surface area contributed by atoms with Crippen molar-refractivity contribution in [3.8, 4) is 6.07 Å². The Morgan fingerprint density at radius 2 is 2.04 bits per heavy atom. The minimum atomic E-state index is -4.31. The third-order valence-electron chi connectivity index (χ3n) is 2.77. The van der Waals surface area contributed by atoms with Crippen LogP contribution in [0.5, 0.6) is 0 Å². The van der Waals surface area contributed by atoms with E-state index in [1.807, 2.05) is 0 Å². The average Bonchev–Trinajstić information content (AvgIpc) is 2.93. The quantitative estimate of drug-likeness (QED) is 0.420. The second kappa shape index (κ2) is 6.95. The van der Waals surface area contributed by atoms with Crippen LogP contribution < -0.4 is 10.6 Å². The van der Waals surface area contributed by atoms with Crippen molar-refractivity contribution >= 4 is 27.5 Å². The average molecular weight is 348 g/mol. The zero-order valence-electron chi connectivity index (χ0n) is 12.3. The predicted molar refractivity (Wildman–Crippen MR) is 83.4 cm³/mol. The molecule has 1 heterocycles. The molecule has 0 radical (unpaired) electrons. The summed E-state index contributed by atoms with van der Waals surface area (Å²) in [5.41, 5.74) is 0.0281. The van der Waals surface area contributed by atoms with E-state index >= 15 is 0 Å². The van der Waals surface area contributed by atoms with Crippen molar-refractivity contribution in [2.24, 2.45) is 0 Å². The lowest BCUT2D eigenvalue weighted by molar-refractivity contribution is -0.112. The number of nitrogens with zero attached hydrogens (tertiary/aromatic N) is 2. The summed E-state index contributed by atoms with van der Waals surface area (Å²) in [6, 6.07) is 8.12. The first-order chi connectivity index (χ1) is 11.3. The SMILES string of the molecule is Cc1cc(N/C=C(/C#N)C(=O)Nc2ccc(S(=O)(=O)O)cc2)no1. The van der Waals surface area contributed by atoms with Crippen LogP contribution in [-0.4, -0.2) is 24.0 Å². The molecule has 0 fully saturated rings. The van der Waals surface area contributed by atoms with Crippen LogP contribution in [0.2, 0.25) is 0 Å². The molecule has 0 unspecified atom stereocenters. The van der Waals surface area contributed by atoms with Gasteiger partial charge in [0.1, 0.15) is 17.4 Å². The summed E-state index contributed by atoms with van der Waals surface area (Å²) in [5, 5.41) is 17.8. The first-order valence-electron chi connectivity index (χ1n) is 6.48. The van der Waals surface area contributed by atoms with Gasteiger partial charge in [0.2, 0.25) is 0 Å². The van der Waals surface area contributed by atoms with E-state index in [0.29, 0.717) is 11.6 Å². The van der Waals surface area contributed by atoms with Gasteiger partial charge in [0.05, 0.1) is 4.90 Å². The monoisotopic (exact) mass is 348 g/mol. The first-order valence-corrected chi connectivity index (χ1v) is 7.92. The molecule has 0 bridgehead atoms. The van der Waals surface area contributed by atoms with Crippen molar-refractivity contribution in [2.45, 2.75) is 11.8 Å². The van der Waals surface area contributed by atoms with E-state index in [9.17, 15) is 13.2 Å². The highest BCUT2D eigenvalue weighted by Crippen LogP contribution is 2.14. The fourth-order valence-corrected chi connectivity index (χ4v) is 2.12. The second-order valence-corrected chi connectivity index (χ2v) is 6.01. The molecule has 0 aliphatic carbocycles. The van der Waals surface area contributed by atoms with Crippen molar-refractivity contribution in [1.82, 2.24) is 5.16 Å².